The summed E-state index contributed by atoms with van der Waals surface area (Å²) in [5.74, 6) is -0.441. The Morgan fingerprint density at radius 3 is 2.14 bits per heavy atom. The third-order valence-electron chi connectivity index (χ3n) is 4.35. The SMILES string of the molecule is N#C/C(=C/NCc1cccc(Cl)c1)C(=O)NC(c1ccccc1)c1ccccc1. The van der Waals surface area contributed by atoms with Crippen molar-refractivity contribution in [3.63, 3.8) is 0 Å². The Kier molecular flexibility index (Phi) is 7.05. The Bertz CT molecular complexity index is 987. The Morgan fingerprint density at radius 1 is 0.966 bits per heavy atom. The first-order valence-corrected chi connectivity index (χ1v) is 9.54. The fourth-order valence-electron chi connectivity index (χ4n) is 2.93. The molecule has 3 rings (SSSR count). The van der Waals surface area contributed by atoms with Crippen molar-refractivity contribution >= 4 is 17.5 Å². The summed E-state index contributed by atoms with van der Waals surface area (Å²) in [5.41, 5.74) is 2.84. The van der Waals surface area contributed by atoms with Gasteiger partial charge >= 0.3 is 0 Å². The van der Waals surface area contributed by atoms with E-state index in [0.717, 1.165) is 16.7 Å². The highest BCUT2D eigenvalue weighted by molar-refractivity contribution is 6.30. The van der Waals surface area contributed by atoms with Crippen LogP contribution in [0.25, 0.3) is 0 Å². The number of benzene rings is 3. The van der Waals surface area contributed by atoms with Crippen LogP contribution >= 0.6 is 11.6 Å². The first-order valence-electron chi connectivity index (χ1n) is 9.16. The molecule has 0 aliphatic heterocycles. The van der Waals surface area contributed by atoms with Gasteiger partial charge in [-0.3, -0.25) is 4.79 Å². The Morgan fingerprint density at radius 2 is 1.59 bits per heavy atom. The van der Waals surface area contributed by atoms with Crippen LogP contribution in [0.2, 0.25) is 5.02 Å². The van der Waals surface area contributed by atoms with Gasteiger partial charge in [0.2, 0.25) is 0 Å². The molecular formula is C24H20ClN3O. The molecule has 3 aromatic carbocycles. The van der Waals surface area contributed by atoms with E-state index in [1.165, 1.54) is 6.20 Å². The minimum absolute atomic E-state index is 0.00360. The number of nitriles is 1. The first kappa shape index (κ1) is 20.2. The molecule has 0 bridgehead atoms. The number of nitrogens with one attached hydrogen (secondary N) is 2. The molecule has 3 aromatic rings. The maximum absolute atomic E-state index is 12.8. The van der Waals surface area contributed by atoms with Crippen molar-refractivity contribution in [2.24, 2.45) is 0 Å². The molecule has 0 fully saturated rings. The maximum atomic E-state index is 12.8. The van der Waals surface area contributed by atoms with Crippen LogP contribution in [0.1, 0.15) is 22.7 Å². The maximum Gasteiger partial charge on any atom is 0.264 e. The standard InChI is InChI=1S/C24H20ClN3O/c25-22-13-7-8-18(14-22)16-27-17-21(15-26)24(29)28-23(19-9-3-1-4-10-19)20-11-5-2-6-12-20/h1-14,17,23,27H,16H2,(H,28,29)/b21-17-. The van der Waals surface area contributed by atoms with Crippen molar-refractivity contribution in [3.8, 4) is 6.07 Å². The fourth-order valence-corrected chi connectivity index (χ4v) is 3.14. The van der Waals surface area contributed by atoms with Crippen molar-refractivity contribution in [1.29, 1.82) is 5.26 Å². The van der Waals surface area contributed by atoms with Crippen LogP contribution in [0, 0.1) is 11.3 Å². The van der Waals surface area contributed by atoms with Crippen LogP contribution in [0.5, 0.6) is 0 Å². The van der Waals surface area contributed by atoms with Gasteiger partial charge in [0, 0.05) is 17.8 Å². The van der Waals surface area contributed by atoms with E-state index in [-0.39, 0.29) is 11.6 Å². The molecule has 1 amide bonds. The summed E-state index contributed by atoms with van der Waals surface area (Å²) in [6, 6.07) is 28.3. The van der Waals surface area contributed by atoms with E-state index in [0.29, 0.717) is 11.6 Å². The molecule has 0 unspecified atom stereocenters. The molecule has 0 spiro atoms. The Labute approximate surface area is 175 Å². The molecule has 0 aliphatic carbocycles. The van der Waals surface area contributed by atoms with Crippen molar-refractivity contribution in [1.82, 2.24) is 10.6 Å². The molecule has 5 heteroatoms. The van der Waals surface area contributed by atoms with Gasteiger partial charge in [0.05, 0.1) is 6.04 Å². The Hall–Kier alpha value is -3.55. The number of carbonyl (C=O) groups is 1. The summed E-state index contributed by atoms with van der Waals surface area (Å²) in [4.78, 5) is 12.8. The summed E-state index contributed by atoms with van der Waals surface area (Å²) in [7, 11) is 0. The number of carbonyl (C=O) groups excluding carboxylic acids is 1. The molecule has 0 radical (unpaired) electrons. The average Bonchev–Trinajstić information content (AvgIpc) is 2.76. The first-order chi connectivity index (χ1) is 14.2. The molecule has 2 N–H and O–H groups in total. The highest BCUT2D eigenvalue weighted by Crippen LogP contribution is 2.22. The number of hydrogen-bond donors (Lipinski definition) is 2. The summed E-state index contributed by atoms with van der Waals surface area (Å²) < 4.78 is 0. The van der Waals surface area contributed by atoms with E-state index in [4.69, 9.17) is 11.6 Å². The molecule has 0 saturated carbocycles. The van der Waals surface area contributed by atoms with Crippen molar-refractivity contribution in [2.75, 3.05) is 0 Å². The second-order valence-corrected chi connectivity index (χ2v) is 6.84. The molecule has 0 aliphatic rings. The predicted octanol–water partition coefficient (Wildman–Crippen LogP) is 4.74. The molecule has 0 heterocycles. The number of halogens is 1. The lowest BCUT2D eigenvalue weighted by Gasteiger charge is -2.19. The molecule has 0 saturated heterocycles. The third kappa shape index (κ3) is 5.71. The quantitative estimate of drug-likeness (QED) is 0.443. The van der Waals surface area contributed by atoms with Crippen LogP contribution in [0.15, 0.2) is 96.7 Å². The van der Waals surface area contributed by atoms with Gasteiger partial charge in [-0.25, -0.2) is 0 Å². The van der Waals surface area contributed by atoms with Crippen molar-refractivity contribution in [3.05, 3.63) is 118 Å². The normalized spacial score (nSPS) is 11.0. The molecule has 144 valence electrons. The highest BCUT2D eigenvalue weighted by Gasteiger charge is 2.19. The predicted molar refractivity (Wildman–Crippen MR) is 115 cm³/mol. The van der Waals surface area contributed by atoms with E-state index in [1.54, 1.807) is 6.07 Å². The molecule has 0 atom stereocenters. The van der Waals surface area contributed by atoms with E-state index >= 15 is 0 Å². The fraction of sp³-hybridized carbons (Fsp3) is 0.0833. The molecular weight excluding hydrogens is 382 g/mol. The number of nitrogens with zero attached hydrogens (tertiary/aromatic N) is 1. The van der Waals surface area contributed by atoms with Crippen molar-refractivity contribution in [2.45, 2.75) is 12.6 Å². The monoisotopic (exact) mass is 401 g/mol. The number of hydrogen-bond acceptors (Lipinski definition) is 3. The second-order valence-electron chi connectivity index (χ2n) is 6.41. The minimum atomic E-state index is -0.441. The van der Waals surface area contributed by atoms with Gasteiger partial charge in [0.1, 0.15) is 11.6 Å². The summed E-state index contributed by atoms with van der Waals surface area (Å²) in [5, 5.41) is 16.1. The zero-order chi connectivity index (χ0) is 20.5. The van der Waals surface area contributed by atoms with Gasteiger partial charge in [-0.15, -0.1) is 0 Å². The second kappa shape index (κ2) is 10.1. The third-order valence-corrected chi connectivity index (χ3v) is 4.58. The van der Waals surface area contributed by atoms with Gasteiger partial charge in [0.15, 0.2) is 0 Å². The van der Waals surface area contributed by atoms with E-state index in [2.05, 4.69) is 10.6 Å². The summed E-state index contributed by atoms with van der Waals surface area (Å²) in [6.45, 7) is 0.458. The summed E-state index contributed by atoms with van der Waals surface area (Å²) in [6.07, 6.45) is 1.43. The molecule has 29 heavy (non-hydrogen) atoms. The van der Waals surface area contributed by atoms with Crippen LogP contribution < -0.4 is 10.6 Å². The molecule has 0 aromatic heterocycles. The van der Waals surface area contributed by atoms with Gasteiger partial charge in [-0.1, -0.05) is 84.4 Å². The summed E-state index contributed by atoms with van der Waals surface area (Å²) >= 11 is 5.98. The van der Waals surface area contributed by atoms with Gasteiger partial charge in [0.25, 0.3) is 5.91 Å². The smallest absolute Gasteiger partial charge is 0.264 e. The number of rotatable bonds is 7. The zero-order valence-electron chi connectivity index (χ0n) is 15.7. The van der Waals surface area contributed by atoms with Crippen LogP contribution in [0.3, 0.4) is 0 Å². The number of amides is 1. The largest absolute Gasteiger partial charge is 0.386 e. The topological polar surface area (TPSA) is 64.9 Å². The lowest BCUT2D eigenvalue weighted by Crippen LogP contribution is -2.30. The lowest BCUT2D eigenvalue weighted by molar-refractivity contribution is -0.117. The van der Waals surface area contributed by atoms with E-state index in [1.807, 2.05) is 84.9 Å². The van der Waals surface area contributed by atoms with E-state index < -0.39 is 5.91 Å². The van der Waals surface area contributed by atoms with Gasteiger partial charge in [-0.05, 0) is 28.8 Å². The average molecular weight is 402 g/mol. The van der Waals surface area contributed by atoms with Crippen molar-refractivity contribution < 1.29 is 4.79 Å². The van der Waals surface area contributed by atoms with Crippen LogP contribution in [-0.2, 0) is 11.3 Å². The molecule has 4 nitrogen and oxygen atoms in total. The van der Waals surface area contributed by atoms with Gasteiger partial charge < -0.3 is 10.6 Å². The van der Waals surface area contributed by atoms with Gasteiger partial charge in [-0.2, -0.15) is 5.26 Å². The minimum Gasteiger partial charge on any atom is -0.386 e. The van der Waals surface area contributed by atoms with E-state index in [9.17, 15) is 10.1 Å². The lowest BCUT2D eigenvalue weighted by atomic mass is 9.98. The van der Waals surface area contributed by atoms with Crippen LogP contribution in [0.4, 0.5) is 0 Å². The Balaban J connectivity index is 1.74. The highest BCUT2D eigenvalue weighted by atomic mass is 35.5. The zero-order valence-corrected chi connectivity index (χ0v) is 16.4. The van der Waals surface area contributed by atoms with Crippen LogP contribution in [-0.4, -0.2) is 5.91 Å².